The van der Waals surface area contributed by atoms with E-state index >= 15 is 0 Å². The first-order valence-corrected chi connectivity index (χ1v) is 5.77. The van der Waals surface area contributed by atoms with Crippen molar-refractivity contribution in [1.82, 2.24) is 5.32 Å². The second-order valence-electron chi connectivity index (χ2n) is 4.84. The minimum Gasteiger partial charge on any atom is -0.394 e. The van der Waals surface area contributed by atoms with Crippen molar-refractivity contribution in [1.29, 1.82) is 0 Å². The maximum Gasteiger partial charge on any atom is 0.0895 e. The molecular weight excluding hydrogens is 194 g/mol. The zero-order chi connectivity index (χ0) is 11.3. The Morgan fingerprint density at radius 1 is 1.33 bits per heavy atom. The fraction of sp³-hybridized carbons (Fsp3) is 1.00. The summed E-state index contributed by atoms with van der Waals surface area (Å²) in [6.45, 7) is 2.46. The normalized spacial score (nSPS) is 34.0. The largest absolute Gasteiger partial charge is 0.394 e. The Labute approximate surface area is 91.3 Å². The lowest BCUT2D eigenvalue weighted by Gasteiger charge is -2.39. The first-order chi connectivity index (χ1) is 7.12. The fourth-order valence-corrected chi connectivity index (χ4v) is 2.10. The third-order valence-electron chi connectivity index (χ3n) is 3.46. The summed E-state index contributed by atoms with van der Waals surface area (Å²) in [5.41, 5.74) is -0.233. The zero-order valence-corrected chi connectivity index (χ0v) is 9.45. The fourth-order valence-electron chi connectivity index (χ4n) is 2.10. The standard InChI is InChI=1S/C11H23NO3/c1-9-2-4-11(8-14,5-3-9)12-6-10(15)7-13/h9-10,12-15H,2-8H2,1H3. The third kappa shape index (κ3) is 3.72. The van der Waals surface area contributed by atoms with Crippen LogP contribution in [0.5, 0.6) is 0 Å². The molecule has 1 saturated carbocycles. The Kier molecular flexibility index (Phi) is 4.99. The molecule has 1 rings (SSSR count). The molecule has 0 saturated heterocycles. The van der Waals surface area contributed by atoms with Gasteiger partial charge in [-0.05, 0) is 31.6 Å². The van der Waals surface area contributed by atoms with E-state index in [9.17, 15) is 10.2 Å². The van der Waals surface area contributed by atoms with Crippen LogP contribution in [0.2, 0.25) is 0 Å². The predicted octanol–water partition coefficient (Wildman–Crippen LogP) is -0.130. The maximum atomic E-state index is 9.41. The number of β-amino-alcohol motifs (C(OH)–C–C–N with tert-alkyl or cyclic N) is 1. The first kappa shape index (κ1) is 12.9. The minimum absolute atomic E-state index is 0.109. The molecule has 0 amide bonds. The third-order valence-corrected chi connectivity index (χ3v) is 3.46. The quantitative estimate of drug-likeness (QED) is 0.518. The summed E-state index contributed by atoms with van der Waals surface area (Å²) in [6, 6.07) is 0. The Balaban J connectivity index is 2.39. The van der Waals surface area contributed by atoms with E-state index < -0.39 is 6.10 Å². The second-order valence-corrected chi connectivity index (χ2v) is 4.84. The number of aliphatic hydroxyl groups excluding tert-OH is 3. The van der Waals surface area contributed by atoms with Gasteiger partial charge in [0.05, 0.1) is 19.3 Å². The van der Waals surface area contributed by atoms with Crippen molar-refractivity contribution in [3.8, 4) is 0 Å². The molecule has 90 valence electrons. The Morgan fingerprint density at radius 3 is 2.40 bits per heavy atom. The highest BCUT2D eigenvalue weighted by Gasteiger charge is 2.33. The minimum atomic E-state index is -0.729. The Bertz CT molecular complexity index is 179. The van der Waals surface area contributed by atoms with E-state index in [2.05, 4.69) is 12.2 Å². The maximum absolute atomic E-state index is 9.41. The summed E-state index contributed by atoms with van der Waals surface area (Å²) >= 11 is 0. The molecule has 0 spiro atoms. The molecule has 1 aliphatic rings. The van der Waals surface area contributed by atoms with E-state index in [-0.39, 0.29) is 18.8 Å². The Hall–Kier alpha value is -0.160. The summed E-state index contributed by atoms with van der Waals surface area (Å²) in [6.07, 6.45) is 3.39. The lowest BCUT2D eigenvalue weighted by molar-refractivity contribution is 0.0593. The van der Waals surface area contributed by atoms with Crippen molar-refractivity contribution >= 4 is 0 Å². The van der Waals surface area contributed by atoms with Gasteiger partial charge in [-0.25, -0.2) is 0 Å². The van der Waals surface area contributed by atoms with E-state index in [1.54, 1.807) is 0 Å². The molecule has 0 radical (unpaired) electrons. The highest BCUT2D eigenvalue weighted by atomic mass is 16.3. The molecule has 1 fully saturated rings. The number of aliphatic hydroxyl groups is 3. The number of rotatable bonds is 5. The SMILES string of the molecule is CC1CCC(CO)(NCC(O)CO)CC1. The van der Waals surface area contributed by atoms with Crippen LogP contribution in [0.25, 0.3) is 0 Å². The summed E-state index contributed by atoms with van der Waals surface area (Å²) in [5.74, 6) is 0.731. The molecule has 4 nitrogen and oxygen atoms in total. The predicted molar refractivity (Wildman–Crippen MR) is 58.5 cm³/mol. The molecule has 1 unspecified atom stereocenters. The van der Waals surface area contributed by atoms with Gasteiger partial charge in [-0.2, -0.15) is 0 Å². The molecule has 0 bridgehead atoms. The van der Waals surface area contributed by atoms with Gasteiger partial charge < -0.3 is 20.6 Å². The van der Waals surface area contributed by atoms with E-state index in [0.29, 0.717) is 6.54 Å². The lowest BCUT2D eigenvalue weighted by atomic mass is 9.77. The van der Waals surface area contributed by atoms with Gasteiger partial charge in [0.25, 0.3) is 0 Å². The van der Waals surface area contributed by atoms with E-state index in [1.807, 2.05) is 0 Å². The monoisotopic (exact) mass is 217 g/mol. The summed E-state index contributed by atoms with van der Waals surface area (Å²) in [5, 5.41) is 30.6. The highest BCUT2D eigenvalue weighted by Crippen LogP contribution is 2.31. The molecular formula is C11H23NO3. The summed E-state index contributed by atoms with van der Waals surface area (Å²) in [4.78, 5) is 0. The highest BCUT2D eigenvalue weighted by molar-refractivity contribution is 4.92. The van der Waals surface area contributed by atoms with Crippen molar-refractivity contribution in [2.75, 3.05) is 19.8 Å². The second kappa shape index (κ2) is 5.80. The van der Waals surface area contributed by atoms with Crippen LogP contribution in [0.4, 0.5) is 0 Å². The van der Waals surface area contributed by atoms with Crippen LogP contribution < -0.4 is 5.32 Å². The van der Waals surface area contributed by atoms with Crippen molar-refractivity contribution in [2.45, 2.75) is 44.2 Å². The zero-order valence-electron chi connectivity index (χ0n) is 9.45. The smallest absolute Gasteiger partial charge is 0.0895 e. The van der Waals surface area contributed by atoms with Gasteiger partial charge in [0, 0.05) is 12.1 Å². The topological polar surface area (TPSA) is 72.7 Å². The van der Waals surface area contributed by atoms with Gasteiger partial charge in [0.15, 0.2) is 0 Å². The van der Waals surface area contributed by atoms with Crippen molar-refractivity contribution in [2.24, 2.45) is 5.92 Å². The van der Waals surface area contributed by atoms with Gasteiger partial charge in [-0.15, -0.1) is 0 Å². The van der Waals surface area contributed by atoms with E-state index in [4.69, 9.17) is 5.11 Å². The summed E-state index contributed by atoms with van der Waals surface area (Å²) < 4.78 is 0. The van der Waals surface area contributed by atoms with Crippen LogP contribution in [-0.2, 0) is 0 Å². The van der Waals surface area contributed by atoms with Crippen LogP contribution in [0.1, 0.15) is 32.6 Å². The molecule has 0 aliphatic heterocycles. The molecule has 0 aromatic carbocycles. The lowest BCUT2D eigenvalue weighted by Crippen LogP contribution is -2.53. The van der Waals surface area contributed by atoms with Gasteiger partial charge in [-0.1, -0.05) is 6.92 Å². The average Bonchev–Trinajstić information content (AvgIpc) is 2.28. The first-order valence-electron chi connectivity index (χ1n) is 5.77. The van der Waals surface area contributed by atoms with Gasteiger partial charge >= 0.3 is 0 Å². The van der Waals surface area contributed by atoms with Gasteiger partial charge in [0.1, 0.15) is 0 Å². The molecule has 0 aromatic heterocycles. The van der Waals surface area contributed by atoms with Crippen LogP contribution in [0, 0.1) is 5.92 Å². The molecule has 0 heterocycles. The van der Waals surface area contributed by atoms with Crippen molar-refractivity contribution < 1.29 is 15.3 Å². The van der Waals surface area contributed by atoms with Crippen LogP contribution >= 0.6 is 0 Å². The van der Waals surface area contributed by atoms with Crippen LogP contribution in [0.15, 0.2) is 0 Å². The summed E-state index contributed by atoms with van der Waals surface area (Å²) in [7, 11) is 0. The van der Waals surface area contributed by atoms with Crippen molar-refractivity contribution in [3.05, 3.63) is 0 Å². The van der Waals surface area contributed by atoms with Gasteiger partial charge in [0.2, 0.25) is 0 Å². The molecule has 1 aliphatic carbocycles. The molecule has 1 atom stereocenters. The average molecular weight is 217 g/mol. The van der Waals surface area contributed by atoms with E-state index in [0.717, 1.165) is 31.6 Å². The number of hydrogen-bond donors (Lipinski definition) is 4. The molecule has 15 heavy (non-hydrogen) atoms. The van der Waals surface area contributed by atoms with Gasteiger partial charge in [-0.3, -0.25) is 0 Å². The van der Waals surface area contributed by atoms with E-state index in [1.165, 1.54) is 0 Å². The number of nitrogens with one attached hydrogen (secondary N) is 1. The molecule has 4 heteroatoms. The Morgan fingerprint density at radius 2 is 1.93 bits per heavy atom. The molecule has 0 aromatic rings. The molecule has 4 N–H and O–H groups in total. The van der Waals surface area contributed by atoms with Crippen molar-refractivity contribution in [3.63, 3.8) is 0 Å². The van der Waals surface area contributed by atoms with Crippen LogP contribution in [-0.4, -0.2) is 46.7 Å². The number of hydrogen-bond acceptors (Lipinski definition) is 4. The van der Waals surface area contributed by atoms with Crippen LogP contribution in [0.3, 0.4) is 0 Å².